The van der Waals surface area contributed by atoms with Gasteiger partial charge >= 0.3 is 6.09 Å². The predicted octanol–water partition coefficient (Wildman–Crippen LogP) is 4.35. The fourth-order valence-corrected chi connectivity index (χ4v) is 5.25. The van der Waals surface area contributed by atoms with Gasteiger partial charge in [-0.2, -0.15) is 15.5 Å². The highest BCUT2D eigenvalue weighted by atomic mass is 19.1. The van der Waals surface area contributed by atoms with Crippen LogP contribution in [0.2, 0.25) is 0 Å². The Kier molecular flexibility index (Phi) is 5.74. The summed E-state index contributed by atoms with van der Waals surface area (Å²) in [7, 11) is 0. The molecule has 3 aromatic rings. The Morgan fingerprint density at radius 3 is 2.69 bits per heavy atom. The summed E-state index contributed by atoms with van der Waals surface area (Å²) >= 11 is 0. The first kappa shape index (κ1) is 23.9. The van der Waals surface area contributed by atoms with E-state index in [-0.39, 0.29) is 23.4 Å². The maximum Gasteiger partial charge on any atom is 0.410 e. The van der Waals surface area contributed by atoms with Gasteiger partial charge in [0.1, 0.15) is 34.6 Å². The number of aromatic nitrogens is 4. The molecule has 0 atom stereocenters. The van der Waals surface area contributed by atoms with E-state index < -0.39 is 5.60 Å². The van der Waals surface area contributed by atoms with Gasteiger partial charge in [-0.3, -0.25) is 4.68 Å². The van der Waals surface area contributed by atoms with Gasteiger partial charge in [-0.25, -0.2) is 13.9 Å². The van der Waals surface area contributed by atoms with Crippen molar-refractivity contribution in [3.63, 3.8) is 0 Å². The second kappa shape index (κ2) is 8.66. The number of nitrogen functional groups attached to an aromatic ring is 1. The smallest absolute Gasteiger partial charge is 0.410 e. The molecule has 3 heterocycles. The molecule has 10 heteroatoms. The quantitative estimate of drug-likeness (QED) is 0.580. The monoisotopic (exact) mass is 491 g/mol. The molecule has 2 aromatic heterocycles. The molecule has 5 rings (SSSR count). The molecule has 2 N–H and O–H groups in total. The molecule has 1 amide bonds. The standard InChI is InChI=1S/C26H30FN7O2/c1-25(2,3)36-24(35)32-9-8-26(16-32)10-20(11-26)34-23(29)21(12-28)22(31-34)18-13-30-33(15-18)14-17-4-6-19(27)7-5-17/h4-7,13,15,20H,8-11,14,16,29H2,1-3H3. The number of amides is 1. The zero-order valence-corrected chi connectivity index (χ0v) is 20.7. The summed E-state index contributed by atoms with van der Waals surface area (Å²) in [6.45, 7) is 7.41. The van der Waals surface area contributed by atoms with E-state index in [1.54, 1.807) is 32.6 Å². The number of ether oxygens (including phenoxy) is 1. The van der Waals surface area contributed by atoms with Gasteiger partial charge in [0.2, 0.25) is 0 Å². The van der Waals surface area contributed by atoms with Crippen LogP contribution in [0.1, 0.15) is 57.2 Å². The molecule has 36 heavy (non-hydrogen) atoms. The molecule has 188 valence electrons. The Bertz CT molecular complexity index is 1320. The Balaban J connectivity index is 1.29. The average Bonchev–Trinajstić information content (AvgIpc) is 3.50. The van der Waals surface area contributed by atoms with Crippen LogP contribution in [0.4, 0.5) is 15.0 Å². The number of hydrogen-bond donors (Lipinski definition) is 1. The van der Waals surface area contributed by atoms with Crippen LogP contribution in [-0.4, -0.2) is 49.2 Å². The van der Waals surface area contributed by atoms with Crippen LogP contribution in [0.5, 0.6) is 0 Å². The van der Waals surface area contributed by atoms with E-state index in [4.69, 9.17) is 15.6 Å². The van der Waals surface area contributed by atoms with Gasteiger partial charge in [0.25, 0.3) is 0 Å². The fourth-order valence-electron chi connectivity index (χ4n) is 5.25. The number of anilines is 1. The van der Waals surface area contributed by atoms with Crippen LogP contribution in [0, 0.1) is 22.6 Å². The van der Waals surface area contributed by atoms with Gasteiger partial charge in [-0.15, -0.1) is 0 Å². The molecular formula is C26H30FN7O2. The normalized spacial score (nSPS) is 21.4. The lowest BCUT2D eigenvalue weighted by Gasteiger charge is -2.45. The maximum absolute atomic E-state index is 13.2. The van der Waals surface area contributed by atoms with Crippen molar-refractivity contribution in [3.05, 3.63) is 53.6 Å². The van der Waals surface area contributed by atoms with Crippen LogP contribution in [0.15, 0.2) is 36.7 Å². The number of benzene rings is 1. The number of halogens is 1. The second-order valence-electron chi connectivity index (χ2n) is 10.9. The van der Waals surface area contributed by atoms with Crippen LogP contribution in [-0.2, 0) is 11.3 Å². The highest BCUT2D eigenvalue weighted by molar-refractivity contribution is 5.72. The van der Waals surface area contributed by atoms with Crippen LogP contribution in [0.25, 0.3) is 11.3 Å². The van der Waals surface area contributed by atoms with Crippen molar-refractivity contribution in [2.45, 2.75) is 58.2 Å². The first-order chi connectivity index (χ1) is 17.1. The van der Waals surface area contributed by atoms with Gasteiger partial charge in [-0.05, 0) is 63.1 Å². The fraction of sp³-hybridized carbons (Fsp3) is 0.462. The van der Waals surface area contributed by atoms with E-state index in [0.717, 1.165) is 24.8 Å². The Morgan fingerprint density at radius 1 is 1.31 bits per heavy atom. The summed E-state index contributed by atoms with van der Waals surface area (Å²) in [5, 5.41) is 18.9. The Hall–Kier alpha value is -3.87. The topological polar surface area (TPSA) is 115 Å². The van der Waals surface area contributed by atoms with Crippen molar-refractivity contribution < 1.29 is 13.9 Å². The van der Waals surface area contributed by atoms with Gasteiger partial charge < -0.3 is 15.4 Å². The molecule has 9 nitrogen and oxygen atoms in total. The van der Waals surface area contributed by atoms with Gasteiger partial charge in [-0.1, -0.05) is 12.1 Å². The molecule has 1 saturated heterocycles. The van der Waals surface area contributed by atoms with Crippen molar-refractivity contribution in [1.82, 2.24) is 24.5 Å². The van der Waals surface area contributed by atoms with Crippen LogP contribution in [0.3, 0.4) is 0 Å². The molecule has 1 saturated carbocycles. The number of likely N-dealkylation sites (tertiary alicyclic amines) is 1. The number of carbonyl (C=O) groups is 1. The van der Waals surface area contributed by atoms with E-state index in [9.17, 15) is 14.4 Å². The molecule has 0 bridgehead atoms. The zero-order valence-electron chi connectivity index (χ0n) is 20.7. The summed E-state index contributed by atoms with van der Waals surface area (Å²) in [5.74, 6) is 0.0631. The lowest BCUT2D eigenvalue weighted by molar-refractivity contribution is 0.0188. The van der Waals surface area contributed by atoms with Crippen molar-refractivity contribution in [2.24, 2.45) is 5.41 Å². The van der Waals surface area contributed by atoms with Gasteiger partial charge in [0.15, 0.2) is 0 Å². The largest absolute Gasteiger partial charge is 0.444 e. The lowest BCUT2D eigenvalue weighted by atomic mass is 9.65. The Morgan fingerprint density at radius 2 is 2.03 bits per heavy atom. The third-order valence-corrected chi connectivity index (χ3v) is 7.00. The number of nitriles is 1. The summed E-state index contributed by atoms with van der Waals surface area (Å²) in [5.41, 5.74) is 8.33. The molecule has 2 aliphatic rings. The van der Waals surface area contributed by atoms with Gasteiger partial charge in [0.05, 0.1) is 18.8 Å². The molecule has 1 aromatic carbocycles. The molecule has 0 radical (unpaired) electrons. The van der Waals surface area contributed by atoms with E-state index in [2.05, 4.69) is 11.2 Å². The maximum atomic E-state index is 13.2. The number of carbonyl (C=O) groups excluding carboxylic acids is 1. The van der Waals surface area contributed by atoms with Crippen LogP contribution < -0.4 is 5.73 Å². The number of nitrogens with two attached hydrogens (primary N) is 1. The summed E-state index contributed by atoms with van der Waals surface area (Å²) in [4.78, 5) is 14.3. The first-order valence-corrected chi connectivity index (χ1v) is 12.1. The number of hydrogen-bond acceptors (Lipinski definition) is 6. The lowest BCUT2D eigenvalue weighted by Crippen LogP contribution is -2.43. The third-order valence-electron chi connectivity index (χ3n) is 7.00. The molecule has 1 spiro atoms. The molecule has 0 unspecified atom stereocenters. The van der Waals surface area contributed by atoms with E-state index in [1.807, 2.05) is 27.0 Å². The minimum atomic E-state index is -0.518. The highest BCUT2D eigenvalue weighted by Crippen LogP contribution is 2.54. The Labute approximate surface area is 209 Å². The predicted molar refractivity (Wildman–Crippen MR) is 131 cm³/mol. The van der Waals surface area contributed by atoms with Crippen molar-refractivity contribution in [3.8, 4) is 17.3 Å². The van der Waals surface area contributed by atoms with Crippen molar-refractivity contribution in [2.75, 3.05) is 18.8 Å². The average molecular weight is 492 g/mol. The van der Waals surface area contributed by atoms with E-state index in [1.165, 1.54) is 12.1 Å². The van der Waals surface area contributed by atoms with Crippen molar-refractivity contribution in [1.29, 1.82) is 5.26 Å². The van der Waals surface area contributed by atoms with E-state index in [0.29, 0.717) is 42.3 Å². The highest BCUT2D eigenvalue weighted by Gasteiger charge is 2.51. The van der Waals surface area contributed by atoms with Gasteiger partial charge in [0, 0.05) is 24.8 Å². The second-order valence-corrected chi connectivity index (χ2v) is 10.9. The summed E-state index contributed by atoms with van der Waals surface area (Å²) in [6.07, 6.45) is 5.80. The summed E-state index contributed by atoms with van der Waals surface area (Å²) in [6, 6.07) is 8.52. The first-order valence-electron chi connectivity index (χ1n) is 12.1. The minimum absolute atomic E-state index is 0.0347. The van der Waals surface area contributed by atoms with E-state index >= 15 is 0 Å². The minimum Gasteiger partial charge on any atom is -0.444 e. The summed E-state index contributed by atoms with van der Waals surface area (Å²) < 4.78 is 22.2. The third kappa shape index (κ3) is 4.53. The number of nitrogens with zero attached hydrogens (tertiary/aromatic N) is 6. The molecule has 2 fully saturated rings. The zero-order chi connectivity index (χ0) is 25.7. The molecule has 1 aliphatic heterocycles. The van der Waals surface area contributed by atoms with Crippen molar-refractivity contribution >= 4 is 11.9 Å². The SMILES string of the molecule is CC(C)(C)OC(=O)N1CCC2(CC(n3nc(-c4cnn(Cc5ccc(F)cc5)c4)c(C#N)c3N)C2)C1. The molecular weight excluding hydrogens is 461 g/mol. The van der Waals surface area contributed by atoms with Crippen LogP contribution >= 0.6 is 0 Å². The number of rotatable bonds is 4. The molecule has 1 aliphatic carbocycles.